The molecule has 0 radical (unpaired) electrons. The standard InChI is InChI=1S/C26H29N3O2S/c1-27-25(31)26(18-21-6-2-3-7-22(21)23-8-4-17-32-23)13-5-16-29(19-26)24(30)10-9-20-11-14-28-15-12-20/h2-4,6-8,11-12,14-15,17H,5,9-10,13,16,18-19H2,1H3,(H,27,31)/t26-/m1/s1. The highest BCUT2D eigenvalue weighted by molar-refractivity contribution is 7.13. The molecule has 1 aromatic carbocycles. The minimum absolute atomic E-state index is 0.0186. The van der Waals surface area contributed by atoms with Gasteiger partial charge in [-0.3, -0.25) is 14.6 Å². The topological polar surface area (TPSA) is 62.3 Å². The number of aromatic nitrogens is 1. The molecular formula is C26H29N3O2S. The van der Waals surface area contributed by atoms with Crippen LogP contribution in [-0.2, 0) is 22.4 Å². The zero-order valence-electron chi connectivity index (χ0n) is 18.4. The van der Waals surface area contributed by atoms with E-state index in [4.69, 9.17) is 0 Å². The minimum Gasteiger partial charge on any atom is -0.359 e. The number of amides is 2. The summed E-state index contributed by atoms with van der Waals surface area (Å²) in [5.74, 6) is 0.131. The second-order valence-electron chi connectivity index (χ2n) is 8.44. The average Bonchev–Trinajstić information content (AvgIpc) is 3.38. The maximum Gasteiger partial charge on any atom is 0.228 e. The third-order valence-electron chi connectivity index (χ3n) is 6.35. The van der Waals surface area contributed by atoms with E-state index in [0.717, 1.165) is 24.0 Å². The molecular weight excluding hydrogens is 418 g/mol. The van der Waals surface area contributed by atoms with E-state index in [1.54, 1.807) is 30.8 Å². The van der Waals surface area contributed by atoms with Gasteiger partial charge in [-0.05, 0) is 66.0 Å². The number of carbonyl (C=O) groups is 2. The number of piperidine rings is 1. The molecule has 6 heteroatoms. The van der Waals surface area contributed by atoms with Crippen molar-refractivity contribution in [2.24, 2.45) is 5.41 Å². The third kappa shape index (κ3) is 4.91. The van der Waals surface area contributed by atoms with Crippen molar-refractivity contribution in [2.75, 3.05) is 20.1 Å². The monoisotopic (exact) mass is 447 g/mol. The maximum atomic E-state index is 13.2. The summed E-state index contributed by atoms with van der Waals surface area (Å²) in [5.41, 5.74) is 2.82. The number of nitrogens with zero attached hydrogens (tertiary/aromatic N) is 2. The molecule has 4 rings (SSSR count). The van der Waals surface area contributed by atoms with Gasteiger partial charge >= 0.3 is 0 Å². The van der Waals surface area contributed by atoms with Gasteiger partial charge < -0.3 is 10.2 Å². The van der Waals surface area contributed by atoms with E-state index in [1.807, 2.05) is 29.2 Å². The Labute approximate surface area is 193 Å². The van der Waals surface area contributed by atoms with Crippen LogP contribution in [0.25, 0.3) is 10.4 Å². The number of carbonyl (C=O) groups excluding carboxylic acids is 2. The molecule has 166 valence electrons. The van der Waals surface area contributed by atoms with Crippen LogP contribution in [0.15, 0.2) is 66.3 Å². The Morgan fingerprint density at radius 1 is 1.12 bits per heavy atom. The fraction of sp³-hybridized carbons (Fsp3) is 0.346. The number of likely N-dealkylation sites (tertiary alicyclic amines) is 1. The Bertz CT molecular complexity index is 1050. The molecule has 1 N–H and O–H groups in total. The Hall–Kier alpha value is -2.99. The van der Waals surface area contributed by atoms with Gasteiger partial charge in [-0.15, -0.1) is 11.3 Å². The van der Waals surface area contributed by atoms with Gasteiger partial charge in [0.25, 0.3) is 0 Å². The third-order valence-corrected chi connectivity index (χ3v) is 7.25. The van der Waals surface area contributed by atoms with Crippen molar-refractivity contribution in [3.8, 4) is 10.4 Å². The Morgan fingerprint density at radius 3 is 2.69 bits per heavy atom. The number of hydrogen-bond donors (Lipinski definition) is 1. The number of benzene rings is 1. The van der Waals surface area contributed by atoms with Gasteiger partial charge in [-0.25, -0.2) is 0 Å². The van der Waals surface area contributed by atoms with Crippen molar-refractivity contribution in [1.82, 2.24) is 15.2 Å². The lowest BCUT2D eigenvalue weighted by Crippen LogP contribution is -2.54. The second kappa shape index (κ2) is 10.1. The molecule has 32 heavy (non-hydrogen) atoms. The zero-order valence-corrected chi connectivity index (χ0v) is 19.2. The smallest absolute Gasteiger partial charge is 0.228 e. The SMILES string of the molecule is CNC(=O)[C@@]1(Cc2ccccc2-c2cccs2)CCCN(C(=O)CCc2ccncc2)C1. The van der Waals surface area contributed by atoms with Gasteiger partial charge in [0.2, 0.25) is 11.8 Å². The first kappa shape index (κ1) is 22.2. The Kier molecular flexibility index (Phi) is 7.00. The summed E-state index contributed by atoms with van der Waals surface area (Å²) in [6.45, 7) is 1.17. The molecule has 3 heterocycles. The van der Waals surface area contributed by atoms with Crippen molar-refractivity contribution < 1.29 is 9.59 Å². The Balaban J connectivity index is 1.54. The highest BCUT2D eigenvalue weighted by Crippen LogP contribution is 2.38. The molecule has 0 unspecified atom stereocenters. The van der Waals surface area contributed by atoms with Gasteiger partial charge in [0.1, 0.15) is 0 Å². The van der Waals surface area contributed by atoms with E-state index < -0.39 is 5.41 Å². The molecule has 0 bridgehead atoms. The van der Waals surface area contributed by atoms with E-state index >= 15 is 0 Å². The molecule has 3 aromatic rings. The van der Waals surface area contributed by atoms with Crippen LogP contribution in [0.3, 0.4) is 0 Å². The summed E-state index contributed by atoms with van der Waals surface area (Å²) in [6, 6.07) is 16.4. The molecule has 5 nitrogen and oxygen atoms in total. The van der Waals surface area contributed by atoms with Crippen LogP contribution in [0.1, 0.15) is 30.4 Å². The summed E-state index contributed by atoms with van der Waals surface area (Å²) in [6.07, 6.45) is 6.86. The van der Waals surface area contributed by atoms with Crippen LogP contribution in [0.4, 0.5) is 0 Å². The quantitative estimate of drug-likeness (QED) is 0.586. The highest BCUT2D eigenvalue weighted by Gasteiger charge is 2.43. The molecule has 2 aromatic heterocycles. The molecule has 1 aliphatic heterocycles. The molecule has 1 aliphatic rings. The predicted molar refractivity (Wildman–Crippen MR) is 128 cm³/mol. The van der Waals surface area contributed by atoms with Crippen molar-refractivity contribution in [3.05, 3.63) is 77.4 Å². The molecule has 1 fully saturated rings. The number of rotatable bonds is 7. The lowest BCUT2D eigenvalue weighted by molar-refractivity contribution is -0.141. The first-order valence-corrected chi connectivity index (χ1v) is 12.0. The van der Waals surface area contributed by atoms with E-state index in [2.05, 4.69) is 39.9 Å². The van der Waals surface area contributed by atoms with Crippen molar-refractivity contribution in [1.29, 1.82) is 0 Å². The van der Waals surface area contributed by atoms with Crippen LogP contribution in [0, 0.1) is 5.41 Å². The van der Waals surface area contributed by atoms with Gasteiger partial charge in [-0.1, -0.05) is 30.3 Å². The molecule has 1 atom stereocenters. The van der Waals surface area contributed by atoms with Crippen LogP contribution in [-0.4, -0.2) is 41.8 Å². The Morgan fingerprint density at radius 2 is 1.94 bits per heavy atom. The van der Waals surface area contributed by atoms with Crippen LogP contribution in [0.2, 0.25) is 0 Å². The number of thiophene rings is 1. The molecule has 0 saturated carbocycles. The number of hydrogen-bond acceptors (Lipinski definition) is 4. The van der Waals surface area contributed by atoms with E-state index in [9.17, 15) is 9.59 Å². The van der Waals surface area contributed by atoms with Crippen LogP contribution in [0.5, 0.6) is 0 Å². The largest absolute Gasteiger partial charge is 0.359 e. The number of nitrogens with one attached hydrogen (secondary N) is 1. The average molecular weight is 448 g/mol. The van der Waals surface area contributed by atoms with Crippen LogP contribution < -0.4 is 5.32 Å². The summed E-state index contributed by atoms with van der Waals surface area (Å²) < 4.78 is 0. The molecule has 0 spiro atoms. The number of aryl methyl sites for hydroxylation is 1. The first-order chi connectivity index (χ1) is 15.6. The highest BCUT2D eigenvalue weighted by atomic mass is 32.1. The fourth-order valence-corrected chi connectivity index (χ4v) is 5.48. The lowest BCUT2D eigenvalue weighted by Gasteiger charge is -2.42. The number of pyridine rings is 1. The van der Waals surface area contributed by atoms with Crippen molar-refractivity contribution in [3.63, 3.8) is 0 Å². The normalized spacial score (nSPS) is 18.3. The second-order valence-corrected chi connectivity index (χ2v) is 9.39. The zero-order chi connectivity index (χ0) is 22.4. The summed E-state index contributed by atoms with van der Waals surface area (Å²) in [4.78, 5) is 33.4. The molecule has 2 amide bonds. The van der Waals surface area contributed by atoms with Gasteiger partial charge in [-0.2, -0.15) is 0 Å². The lowest BCUT2D eigenvalue weighted by atomic mass is 9.73. The minimum atomic E-state index is -0.618. The fourth-order valence-electron chi connectivity index (χ4n) is 4.69. The summed E-state index contributed by atoms with van der Waals surface area (Å²) in [5, 5.41) is 4.96. The first-order valence-electron chi connectivity index (χ1n) is 11.1. The summed E-state index contributed by atoms with van der Waals surface area (Å²) >= 11 is 1.71. The van der Waals surface area contributed by atoms with Crippen molar-refractivity contribution in [2.45, 2.75) is 32.1 Å². The predicted octanol–water partition coefficient (Wildman–Crippen LogP) is 4.34. The van der Waals surface area contributed by atoms with E-state index in [-0.39, 0.29) is 11.8 Å². The van der Waals surface area contributed by atoms with E-state index in [1.165, 1.54) is 10.4 Å². The van der Waals surface area contributed by atoms with Gasteiger partial charge in [0.05, 0.1) is 5.41 Å². The molecule has 1 saturated heterocycles. The van der Waals surface area contributed by atoms with Gasteiger partial charge in [0, 0.05) is 43.8 Å². The molecule has 0 aliphatic carbocycles. The maximum absolute atomic E-state index is 13.2. The van der Waals surface area contributed by atoms with E-state index in [0.29, 0.717) is 32.4 Å². The summed E-state index contributed by atoms with van der Waals surface area (Å²) in [7, 11) is 1.69. The van der Waals surface area contributed by atoms with Crippen molar-refractivity contribution >= 4 is 23.2 Å². The van der Waals surface area contributed by atoms with Crippen LogP contribution >= 0.6 is 11.3 Å². The van der Waals surface area contributed by atoms with Gasteiger partial charge in [0.15, 0.2) is 0 Å².